The van der Waals surface area contributed by atoms with Crippen LogP contribution < -0.4 is 9.47 Å². The van der Waals surface area contributed by atoms with Crippen molar-refractivity contribution in [2.45, 2.75) is 83.5 Å². The van der Waals surface area contributed by atoms with Crippen molar-refractivity contribution in [3.8, 4) is 24.0 Å². The van der Waals surface area contributed by atoms with Gasteiger partial charge in [0.05, 0.1) is 0 Å². The van der Waals surface area contributed by atoms with Gasteiger partial charge in [-0.05, 0) is 101 Å². The minimum absolute atomic E-state index is 0.102. The topological polar surface area (TPSA) is 66.0 Å². The molecule has 4 bridgehead atoms. The summed E-state index contributed by atoms with van der Waals surface area (Å²) < 4.78 is 10.2. The molecule has 0 aromatic heterocycles. The van der Waals surface area contributed by atoms with Gasteiger partial charge in [-0.1, -0.05) is 58.4 Å². The molecule has 6 rings (SSSR count). The predicted octanol–water partition coefficient (Wildman–Crippen LogP) is 7.39. The highest BCUT2D eigenvalue weighted by molar-refractivity contribution is 5.43. The van der Waals surface area contributed by atoms with E-state index in [0.29, 0.717) is 16.9 Å². The molecule has 0 amide bonds. The van der Waals surface area contributed by atoms with Crippen LogP contribution in [0, 0.1) is 39.3 Å². The lowest BCUT2D eigenvalue weighted by Gasteiger charge is -2.74. The first-order valence-electron chi connectivity index (χ1n) is 12.5. The fraction of sp³-hybridized carbons (Fsp3) is 0.533. The van der Waals surface area contributed by atoms with Gasteiger partial charge in [0, 0.05) is 0 Å². The lowest BCUT2D eigenvalue weighted by Crippen LogP contribution is -2.66. The molecule has 4 fully saturated rings. The molecule has 2 unspecified atom stereocenters. The van der Waals surface area contributed by atoms with E-state index in [1.54, 1.807) is 12.5 Å². The van der Waals surface area contributed by atoms with E-state index in [-0.39, 0.29) is 21.7 Å². The van der Waals surface area contributed by atoms with Gasteiger partial charge in [0.1, 0.15) is 11.5 Å². The lowest BCUT2D eigenvalue weighted by molar-refractivity contribution is -0.183. The van der Waals surface area contributed by atoms with Crippen LogP contribution in [0.15, 0.2) is 48.5 Å². The number of hydrogen-bond acceptors (Lipinski definition) is 4. The molecular formula is C30H34N2O2. The van der Waals surface area contributed by atoms with Crippen molar-refractivity contribution in [2.24, 2.45) is 16.2 Å². The van der Waals surface area contributed by atoms with Gasteiger partial charge in [0.15, 0.2) is 0 Å². The maximum absolute atomic E-state index is 8.92. The maximum atomic E-state index is 8.92. The average molecular weight is 455 g/mol. The Hall–Kier alpha value is -2.98. The fourth-order valence-corrected chi connectivity index (χ4v) is 8.49. The number of nitrogens with zero attached hydrogens (tertiary/aromatic N) is 2. The molecule has 176 valence electrons. The van der Waals surface area contributed by atoms with E-state index in [0.717, 1.165) is 6.42 Å². The van der Waals surface area contributed by atoms with Gasteiger partial charge in [-0.2, -0.15) is 0 Å². The van der Waals surface area contributed by atoms with Crippen LogP contribution in [0.1, 0.15) is 83.8 Å². The number of ether oxygens (including phenoxy) is 2. The summed E-state index contributed by atoms with van der Waals surface area (Å²) in [5.74, 6) is 1.21. The summed E-state index contributed by atoms with van der Waals surface area (Å²) >= 11 is 0. The second-order valence-corrected chi connectivity index (χ2v) is 12.4. The van der Waals surface area contributed by atoms with Crippen molar-refractivity contribution in [3.63, 3.8) is 0 Å². The summed E-state index contributed by atoms with van der Waals surface area (Å²) in [6.07, 6.45) is 12.1. The third-order valence-corrected chi connectivity index (χ3v) is 9.77. The van der Waals surface area contributed by atoms with E-state index >= 15 is 0 Å². The standard InChI is InChI=1S/C30H34N2O2/c1-5-27-14-28(22-6-10-24(11-7-22)33-20-31)17-29(15-27,19-30(16-27,18-28)26(2,3)4)23-8-12-25(13-9-23)34-21-32/h6-13H,5,14-19H2,1-4H3. The van der Waals surface area contributed by atoms with Crippen molar-refractivity contribution in [1.82, 2.24) is 0 Å². The predicted molar refractivity (Wildman–Crippen MR) is 131 cm³/mol. The Kier molecular flexibility index (Phi) is 5.04. The van der Waals surface area contributed by atoms with Crippen molar-refractivity contribution in [1.29, 1.82) is 10.5 Å². The minimum Gasteiger partial charge on any atom is -0.388 e. The zero-order valence-electron chi connectivity index (χ0n) is 20.8. The molecule has 34 heavy (non-hydrogen) atoms. The molecular weight excluding hydrogens is 420 g/mol. The fourth-order valence-electron chi connectivity index (χ4n) is 8.49. The molecule has 0 radical (unpaired) electrons. The van der Waals surface area contributed by atoms with Crippen LogP contribution in [0.25, 0.3) is 0 Å². The third kappa shape index (κ3) is 3.31. The average Bonchev–Trinajstić information content (AvgIpc) is 2.79. The Labute approximate surface area is 203 Å². The number of nitriles is 2. The molecule has 0 spiro atoms. The van der Waals surface area contributed by atoms with E-state index in [4.69, 9.17) is 20.0 Å². The SMILES string of the molecule is CCC12CC3(c4ccc(OC#N)cc4)CC(c4ccc(OC#N)cc4)(C1)CC(C(C)(C)C)(C2)C3. The van der Waals surface area contributed by atoms with Crippen LogP contribution >= 0.6 is 0 Å². The lowest BCUT2D eigenvalue weighted by atomic mass is 9.30. The Balaban J connectivity index is 1.67. The summed E-state index contributed by atoms with van der Waals surface area (Å²) in [5.41, 5.74) is 3.73. The van der Waals surface area contributed by atoms with E-state index in [9.17, 15) is 0 Å². The highest BCUT2D eigenvalue weighted by Crippen LogP contribution is 2.78. The quantitative estimate of drug-likeness (QED) is 0.442. The Morgan fingerprint density at radius 2 is 1.15 bits per heavy atom. The normalized spacial score (nSPS) is 33.7. The summed E-state index contributed by atoms with van der Waals surface area (Å²) in [6, 6.07) is 16.7. The molecule has 4 nitrogen and oxygen atoms in total. The Morgan fingerprint density at radius 3 is 1.50 bits per heavy atom. The summed E-state index contributed by atoms with van der Waals surface area (Å²) in [4.78, 5) is 0. The third-order valence-electron chi connectivity index (χ3n) is 9.77. The van der Waals surface area contributed by atoms with E-state index in [1.807, 2.05) is 24.3 Å². The molecule has 4 aliphatic rings. The molecule has 0 heterocycles. The largest absolute Gasteiger partial charge is 0.388 e. The van der Waals surface area contributed by atoms with Gasteiger partial charge in [-0.15, -0.1) is 10.5 Å². The van der Waals surface area contributed by atoms with Gasteiger partial charge >= 0.3 is 0 Å². The zero-order valence-corrected chi connectivity index (χ0v) is 20.8. The van der Waals surface area contributed by atoms with Gasteiger partial charge in [0.2, 0.25) is 0 Å². The first-order valence-corrected chi connectivity index (χ1v) is 12.5. The molecule has 2 aromatic carbocycles. The van der Waals surface area contributed by atoms with Gasteiger partial charge < -0.3 is 9.47 Å². The highest BCUT2D eigenvalue weighted by Gasteiger charge is 2.70. The van der Waals surface area contributed by atoms with E-state index in [1.165, 1.54) is 49.7 Å². The van der Waals surface area contributed by atoms with Crippen LogP contribution in [0.4, 0.5) is 0 Å². The molecule has 0 saturated heterocycles. The van der Waals surface area contributed by atoms with Crippen molar-refractivity contribution in [3.05, 3.63) is 59.7 Å². The van der Waals surface area contributed by atoms with Gasteiger partial charge in [-0.3, -0.25) is 0 Å². The van der Waals surface area contributed by atoms with Gasteiger partial charge in [-0.25, -0.2) is 0 Å². The molecule has 0 N–H and O–H groups in total. The van der Waals surface area contributed by atoms with Crippen LogP contribution in [0.5, 0.6) is 11.5 Å². The maximum Gasteiger partial charge on any atom is 0.292 e. The molecule has 2 aromatic rings. The molecule has 0 aliphatic heterocycles. The summed E-state index contributed by atoms with van der Waals surface area (Å²) in [7, 11) is 0. The van der Waals surface area contributed by atoms with E-state index in [2.05, 4.69) is 52.0 Å². The van der Waals surface area contributed by atoms with Crippen molar-refractivity contribution >= 4 is 0 Å². The molecule has 4 aliphatic carbocycles. The smallest absolute Gasteiger partial charge is 0.292 e. The summed E-state index contributed by atoms with van der Waals surface area (Å²) in [6.45, 7) is 9.72. The number of rotatable bonds is 5. The Morgan fingerprint density at radius 1 is 0.706 bits per heavy atom. The molecule has 2 atom stereocenters. The first-order chi connectivity index (χ1) is 16.1. The van der Waals surface area contributed by atoms with Crippen LogP contribution in [-0.2, 0) is 10.8 Å². The van der Waals surface area contributed by atoms with Gasteiger partial charge in [0.25, 0.3) is 12.5 Å². The number of hydrogen-bond donors (Lipinski definition) is 0. The summed E-state index contributed by atoms with van der Waals surface area (Å²) in [5, 5.41) is 17.8. The van der Waals surface area contributed by atoms with E-state index < -0.39 is 0 Å². The second-order valence-electron chi connectivity index (χ2n) is 12.4. The zero-order chi connectivity index (χ0) is 24.2. The second kappa shape index (κ2) is 7.51. The van der Waals surface area contributed by atoms with Crippen LogP contribution in [-0.4, -0.2) is 0 Å². The van der Waals surface area contributed by atoms with Crippen molar-refractivity contribution < 1.29 is 9.47 Å². The minimum atomic E-state index is 0.102. The first kappa shape index (κ1) is 22.8. The van der Waals surface area contributed by atoms with Crippen LogP contribution in [0.3, 0.4) is 0 Å². The molecule has 4 heteroatoms. The van der Waals surface area contributed by atoms with Crippen LogP contribution in [0.2, 0.25) is 0 Å². The van der Waals surface area contributed by atoms with Crippen molar-refractivity contribution in [2.75, 3.05) is 0 Å². The monoisotopic (exact) mass is 454 g/mol. The molecule has 4 saturated carbocycles. The Bertz CT molecular complexity index is 1090. The highest BCUT2D eigenvalue weighted by atomic mass is 16.5. The number of benzene rings is 2.